The van der Waals surface area contributed by atoms with Crippen LogP contribution in [-0.2, 0) is 4.79 Å². The SMILES string of the molecule is CC1(C)CC1C(=O)N1CCC(n2cccc2C(=O)O)CC1. The lowest BCUT2D eigenvalue weighted by atomic mass is 10.0. The molecule has 0 bridgehead atoms. The van der Waals surface area contributed by atoms with Gasteiger partial charge in [0.15, 0.2) is 0 Å². The molecule has 3 rings (SSSR count). The van der Waals surface area contributed by atoms with Gasteiger partial charge in [-0.1, -0.05) is 13.8 Å². The summed E-state index contributed by atoms with van der Waals surface area (Å²) in [4.78, 5) is 25.5. The molecule has 114 valence electrons. The standard InChI is InChI=1S/C16H22N2O3/c1-16(2)10-12(16)14(19)17-8-5-11(6-9-17)18-7-3-4-13(18)15(20)21/h3-4,7,11-12H,5-6,8-10H2,1-2H3,(H,20,21). The van der Waals surface area contributed by atoms with E-state index in [9.17, 15) is 14.7 Å². The molecule has 1 saturated carbocycles. The zero-order chi connectivity index (χ0) is 15.2. The number of aromatic nitrogens is 1. The molecule has 0 radical (unpaired) electrons. The number of carbonyl (C=O) groups is 2. The van der Waals surface area contributed by atoms with Crippen LogP contribution in [0.4, 0.5) is 0 Å². The van der Waals surface area contributed by atoms with Crippen LogP contribution in [0.1, 0.15) is 49.6 Å². The van der Waals surface area contributed by atoms with Gasteiger partial charge in [0, 0.05) is 31.2 Å². The molecule has 1 aromatic rings. The largest absolute Gasteiger partial charge is 0.477 e. The summed E-state index contributed by atoms with van der Waals surface area (Å²) in [6.07, 6.45) is 4.48. The third-order valence-corrected chi connectivity index (χ3v) is 4.98. The minimum absolute atomic E-state index is 0.171. The predicted molar refractivity (Wildman–Crippen MR) is 78.1 cm³/mol. The van der Waals surface area contributed by atoms with Crippen LogP contribution in [-0.4, -0.2) is 39.5 Å². The summed E-state index contributed by atoms with van der Waals surface area (Å²) < 4.78 is 1.84. The van der Waals surface area contributed by atoms with Crippen LogP contribution in [0.25, 0.3) is 0 Å². The van der Waals surface area contributed by atoms with Crippen molar-refractivity contribution in [2.45, 2.75) is 39.2 Å². The van der Waals surface area contributed by atoms with Crippen molar-refractivity contribution >= 4 is 11.9 Å². The molecule has 0 spiro atoms. The molecule has 2 fully saturated rings. The Morgan fingerprint density at radius 2 is 1.90 bits per heavy atom. The van der Waals surface area contributed by atoms with Crippen molar-refractivity contribution in [3.8, 4) is 0 Å². The number of nitrogens with zero attached hydrogens (tertiary/aromatic N) is 2. The van der Waals surface area contributed by atoms with Gasteiger partial charge in [0.05, 0.1) is 0 Å². The Morgan fingerprint density at radius 1 is 1.29 bits per heavy atom. The third kappa shape index (κ3) is 2.57. The zero-order valence-electron chi connectivity index (χ0n) is 12.6. The van der Waals surface area contributed by atoms with Crippen molar-refractivity contribution in [1.82, 2.24) is 9.47 Å². The highest BCUT2D eigenvalue weighted by Crippen LogP contribution is 2.52. The van der Waals surface area contributed by atoms with Crippen LogP contribution in [0.3, 0.4) is 0 Å². The number of carboxylic acids is 1. The van der Waals surface area contributed by atoms with Crippen molar-refractivity contribution in [2.24, 2.45) is 11.3 Å². The molecule has 1 aromatic heterocycles. The van der Waals surface area contributed by atoms with E-state index < -0.39 is 5.97 Å². The minimum atomic E-state index is -0.891. The third-order valence-electron chi connectivity index (χ3n) is 4.98. The number of hydrogen-bond acceptors (Lipinski definition) is 2. The number of rotatable bonds is 3. The lowest BCUT2D eigenvalue weighted by Gasteiger charge is -2.33. The van der Waals surface area contributed by atoms with E-state index in [2.05, 4.69) is 13.8 Å². The van der Waals surface area contributed by atoms with Crippen LogP contribution < -0.4 is 0 Å². The van der Waals surface area contributed by atoms with E-state index in [1.807, 2.05) is 15.7 Å². The van der Waals surface area contributed by atoms with Gasteiger partial charge < -0.3 is 14.6 Å². The van der Waals surface area contributed by atoms with Gasteiger partial charge in [-0.3, -0.25) is 4.79 Å². The maximum absolute atomic E-state index is 12.4. The van der Waals surface area contributed by atoms with Gasteiger partial charge in [-0.25, -0.2) is 4.79 Å². The molecular weight excluding hydrogens is 268 g/mol. The first-order valence-electron chi connectivity index (χ1n) is 7.59. The molecule has 1 amide bonds. The van der Waals surface area contributed by atoms with Crippen molar-refractivity contribution < 1.29 is 14.7 Å². The average Bonchev–Trinajstić information content (AvgIpc) is 2.90. The van der Waals surface area contributed by atoms with Crippen molar-refractivity contribution in [1.29, 1.82) is 0 Å². The highest BCUT2D eigenvalue weighted by atomic mass is 16.4. The smallest absolute Gasteiger partial charge is 0.352 e. The summed E-state index contributed by atoms with van der Waals surface area (Å²) in [5, 5.41) is 9.18. The molecule has 2 aliphatic rings. The number of hydrogen-bond donors (Lipinski definition) is 1. The summed E-state index contributed by atoms with van der Waals surface area (Å²) in [5.74, 6) is -0.419. The molecule has 1 atom stereocenters. The van der Waals surface area contributed by atoms with E-state index in [0.717, 1.165) is 32.4 Å². The van der Waals surface area contributed by atoms with E-state index in [1.54, 1.807) is 12.1 Å². The number of amides is 1. The molecule has 1 aliphatic heterocycles. The number of carbonyl (C=O) groups excluding carboxylic acids is 1. The molecule has 0 aromatic carbocycles. The molecule has 1 unspecified atom stereocenters. The molecule has 2 heterocycles. The monoisotopic (exact) mass is 290 g/mol. The highest BCUT2D eigenvalue weighted by molar-refractivity contribution is 5.86. The van der Waals surface area contributed by atoms with Crippen molar-refractivity contribution in [3.05, 3.63) is 24.0 Å². The second-order valence-electron chi connectivity index (χ2n) is 6.91. The van der Waals surface area contributed by atoms with Gasteiger partial charge in [0.2, 0.25) is 5.91 Å². The average molecular weight is 290 g/mol. The first-order chi connectivity index (χ1) is 9.90. The summed E-state index contributed by atoms with van der Waals surface area (Å²) >= 11 is 0. The Kier molecular flexibility index (Phi) is 3.30. The van der Waals surface area contributed by atoms with Gasteiger partial charge in [-0.2, -0.15) is 0 Å². The Morgan fingerprint density at radius 3 is 2.43 bits per heavy atom. The fraction of sp³-hybridized carbons (Fsp3) is 0.625. The summed E-state index contributed by atoms with van der Waals surface area (Å²) in [6.45, 7) is 5.74. The second kappa shape index (κ2) is 4.90. The number of piperidine rings is 1. The maximum Gasteiger partial charge on any atom is 0.352 e. The molecule has 5 nitrogen and oxygen atoms in total. The quantitative estimate of drug-likeness (QED) is 0.929. The van der Waals surface area contributed by atoms with E-state index >= 15 is 0 Å². The summed E-state index contributed by atoms with van der Waals surface area (Å²) in [5.41, 5.74) is 0.508. The lowest BCUT2D eigenvalue weighted by Crippen LogP contribution is -2.40. The Labute approximate surface area is 124 Å². The molecule has 1 saturated heterocycles. The Balaban J connectivity index is 1.62. The van der Waals surface area contributed by atoms with E-state index in [-0.39, 0.29) is 23.3 Å². The van der Waals surface area contributed by atoms with E-state index in [0.29, 0.717) is 5.69 Å². The van der Waals surface area contributed by atoms with E-state index in [1.165, 1.54) is 0 Å². The Hall–Kier alpha value is -1.78. The van der Waals surface area contributed by atoms with Crippen molar-refractivity contribution in [2.75, 3.05) is 13.1 Å². The summed E-state index contributed by atoms with van der Waals surface area (Å²) in [7, 11) is 0. The van der Waals surface area contributed by atoms with Crippen LogP contribution in [0.5, 0.6) is 0 Å². The van der Waals surface area contributed by atoms with Crippen LogP contribution in [0, 0.1) is 11.3 Å². The summed E-state index contributed by atoms with van der Waals surface area (Å²) in [6, 6.07) is 3.59. The Bertz CT molecular complexity index is 568. The highest BCUT2D eigenvalue weighted by Gasteiger charge is 2.52. The number of likely N-dealkylation sites (tertiary alicyclic amines) is 1. The van der Waals surface area contributed by atoms with Crippen LogP contribution in [0.15, 0.2) is 18.3 Å². The number of carboxylic acid groups (broad SMARTS) is 1. The molecule has 1 N–H and O–H groups in total. The fourth-order valence-corrected chi connectivity index (χ4v) is 3.37. The van der Waals surface area contributed by atoms with Crippen LogP contribution in [0.2, 0.25) is 0 Å². The van der Waals surface area contributed by atoms with Gasteiger partial charge in [0.1, 0.15) is 5.69 Å². The fourth-order valence-electron chi connectivity index (χ4n) is 3.37. The first kappa shape index (κ1) is 14.2. The second-order valence-corrected chi connectivity index (χ2v) is 6.91. The number of aromatic carboxylic acids is 1. The molecular formula is C16H22N2O3. The maximum atomic E-state index is 12.4. The van der Waals surface area contributed by atoms with E-state index in [4.69, 9.17) is 0 Å². The zero-order valence-corrected chi connectivity index (χ0v) is 12.6. The molecule has 21 heavy (non-hydrogen) atoms. The normalized spacial score (nSPS) is 24.9. The van der Waals surface area contributed by atoms with Gasteiger partial charge in [-0.15, -0.1) is 0 Å². The predicted octanol–water partition coefficient (Wildman–Crippen LogP) is 2.40. The van der Waals surface area contributed by atoms with Gasteiger partial charge in [-0.05, 0) is 36.8 Å². The molecule has 5 heteroatoms. The minimum Gasteiger partial charge on any atom is -0.477 e. The molecule has 1 aliphatic carbocycles. The first-order valence-corrected chi connectivity index (χ1v) is 7.59. The van der Waals surface area contributed by atoms with Gasteiger partial charge in [0.25, 0.3) is 0 Å². The lowest BCUT2D eigenvalue weighted by molar-refractivity contribution is -0.134. The van der Waals surface area contributed by atoms with Crippen molar-refractivity contribution in [3.63, 3.8) is 0 Å². The van der Waals surface area contributed by atoms with Gasteiger partial charge >= 0.3 is 5.97 Å². The topological polar surface area (TPSA) is 62.5 Å². The van der Waals surface area contributed by atoms with Crippen LogP contribution >= 0.6 is 0 Å².